The fourth-order valence-electron chi connectivity index (χ4n) is 2.33. The normalized spacial score (nSPS) is 12.5. The van der Waals surface area contributed by atoms with Crippen LogP contribution in [0.25, 0.3) is 0 Å². The Morgan fingerprint density at radius 2 is 1.64 bits per heavy atom. The van der Waals surface area contributed by atoms with Crippen LogP contribution >= 0.6 is 0 Å². The highest BCUT2D eigenvalue weighted by Gasteiger charge is 2.21. The monoisotopic (exact) mass is 404 g/mol. The zero-order chi connectivity index (χ0) is 20.9. The molecule has 2 aromatic rings. The van der Waals surface area contributed by atoms with Crippen LogP contribution in [0.1, 0.15) is 36.7 Å². The van der Waals surface area contributed by atoms with Crippen LogP contribution in [-0.2, 0) is 19.6 Å². The van der Waals surface area contributed by atoms with E-state index < -0.39 is 28.0 Å². The van der Waals surface area contributed by atoms with E-state index in [0.29, 0.717) is 5.69 Å². The number of carbonyl (C=O) groups is 2. The van der Waals surface area contributed by atoms with Crippen molar-refractivity contribution in [3.63, 3.8) is 0 Å². The first-order valence-corrected chi connectivity index (χ1v) is 10.3. The van der Waals surface area contributed by atoms with Gasteiger partial charge in [0.05, 0.1) is 10.5 Å². The molecule has 0 bridgehead atoms. The number of benzene rings is 2. The number of aryl methyl sites for hydroxylation is 1. The molecule has 150 valence electrons. The van der Waals surface area contributed by atoms with E-state index in [1.165, 1.54) is 31.2 Å². The van der Waals surface area contributed by atoms with Gasteiger partial charge in [0, 0.05) is 11.7 Å². The minimum absolute atomic E-state index is 0.0432. The van der Waals surface area contributed by atoms with E-state index in [1.54, 1.807) is 26.0 Å². The van der Waals surface area contributed by atoms with Crippen molar-refractivity contribution in [2.24, 2.45) is 0 Å². The molecule has 0 fully saturated rings. The number of ether oxygens (including phenoxy) is 1. The van der Waals surface area contributed by atoms with Crippen molar-refractivity contribution in [1.82, 2.24) is 4.72 Å². The Labute approximate surface area is 165 Å². The van der Waals surface area contributed by atoms with Crippen LogP contribution in [0.4, 0.5) is 5.69 Å². The average Bonchev–Trinajstić information content (AvgIpc) is 2.62. The molecular formula is C20H24N2O5S. The first-order chi connectivity index (χ1) is 13.1. The molecule has 28 heavy (non-hydrogen) atoms. The summed E-state index contributed by atoms with van der Waals surface area (Å²) in [4.78, 5) is 24.5. The van der Waals surface area contributed by atoms with Crippen molar-refractivity contribution in [2.75, 3.05) is 5.32 Å². The molecule has 0 saturated carbocycles. The molecule has 0 heterocycles. The van der Waals surface area contributed by atoms with Gasteiger partial charge in [-0.1, -0.05) is 23.8 Å². The number of carbonyl (C=O) groups excluding carboxylic acids is 2. The van der Waals surface area contributed by atoms with Crippen molar-refractivity contribution in [1.29, 1.82) is 0 Å². The van der Waals surface area contributed by atoms with Crippen molar-refractivity contribution in [2.45, 2.75) is 44.7 Å². The molecule has 7 nitrogen and oxygen atoms in total. The maximum absolute atomic E-state index is 12.3. The van der Waals surface area contributed by atoms with E-state index in [1.807, 2.05) is 19.1 Å². The molecule has 0 radical (unpaired) electrons. The molecule has 0 spiro atoms. The van der Waals surface area contributed by atoms with Gasteiger partial charge in [-0.3, -0.25) is 4.79 Å². The summed E-state index contributed by atoms with van der Waals surface area (Å²) in [5, 5.41) is 2.66. The second-order valence-electron chi connectivity index (χ2n) is 6.71. The quantitative estimate of drug-likeness (QED) is 0.691. The largest absolute Gasteiger partial charge is 0.449 e. The molecule has 2 N–H and O–H groups in total. The summed E-state index contributed by atoms with van der Waals surface area (Å²) < 4.78 is 32.1. The number of anilines is 1. The predicted molar refractivity (Wildman–Crippen MR) is 107 cm³/mol. The van der Waals surface area contributed by atoms with Crippen molar-refractivity contribution in [3.8, 4) is 0 Å². The molecule has 0 aliphatic carbocycles. The van der Waals surface area contributed by atoms with Gasteiger partial charge in [0.25, 0.3) is 5.91 Å². The number of hydrogen-bond acceptors (Lipinski definition) is 5. The van der Waals surface area contributed by atoms with Gasteiger partial charge in [0.15, 0.2) is 6.10 Å². The van der Waals surface area contributed by atoms with Crippen LogP contribution in [0.15, 0.2) is 53.4 Å². The van der Waals surface area contributed by atoms with E-state index in [2.05, 4.69) is 10.0 Å². The van der Waals surface area contributed by atoms with Gasteiger partial charge in [-0.15, -0.1) is 0 Å². The summed E-state index contributed by atoms with van der Waals surface area (Å²) in [6.07, 6.45) is -1.05. The van der Waals surface area contributed by atoms with Crippen LogP contribution in [0, 0.1) is 6.92 Å². The first kappa shape index (κ1) is 21.6. The minimum Gasteiger partial charge on any atom is -0.449 e. The lowest BCUT2D eigenvalue weighted by Crippen LogP contribution is -2.31. The SMILES string of the molecule is Cc1ccc(NC(=O)[C@@H](C)OC(=O)c2cccc(S(=O)(=O)NC(C)C)c2)cc1. The molecule has 0 unspecified atom stereocenters. The predicted octanol–water partition coefficient (Wildman–Crippen LogP) is 2.87. The van der Waals surface area contributed by atoms with E-state index in [9.17, 15) is 18.0 Å². The average molecular weight is 404 g/mol. The third-order valence-electron chi connectivity index (χ3n) is 3.74. The molecule has 0 saturated heterocycles. The lowest BCUT2D eigenvalue weighted by molar-refractivity contribution is -0.123. The van der Waals surface area contributed by atoms with Gasteiger partial charge in [-0.25, -0.2) is 17.9 Å². The summed E-state index contributed by atoms with van der Waals surface area (Å²) >= 11 is 0. The number of esters is 1. The van der Waals surface area contributed by atoms with Crippen molar-refractivity contribution < 1.29 is 22.7 Å². The third-order valence-corrected chi connectivity index (χ3v) is 5.40. The van der Waals surface area contributed by atoms with Gasteiger partial charge in [-0.05, 0) is 58.0 Å². The summed E-state index contributed by atoms with van der Waals surface area (Å²) in [7, 11) is -3.74. The fourth-order valence-corrected chi connectivity index (χ4v) is 3.63. The Hall–Kier alpha value is -2.71. The van der Waals surface area contributed by atoms with Crippen LogP contribution in [0.5, 0.6) is 0 Å². The van der Waals surface area contributed by atoms with Gasteiger partial charge >= 0.3 is 5.97 Å². The number of nitrogens with one attached hydrogen (secondary N) is 2. The fraction of sp³-hybridized carbons (Fsp3) is 0.300. The summed E-state index contributed by atoms with van der Waals surface area (Å²) in [6.45, 7) is 6.78. The molecule has 2 aromatic carbocycles. The highest BCUT2D eigenvalue weighted by molar-refractivity contribution is 7.89. The van der Waals surface area contributed by atoms with Gasteiger partial charge in [0.1, 0.15) is 0 Å². The Balaban J connectivity index is 2.06. The molecular weight excluding hydrogens is 380 g/mol. The maximum Gasteiger partial charge on any atom is 0.338 e. The lowest BCUT2D eigenvalue weighted by Gasteiger charge is -2.14. The lowest BCUT2D eigenvalue weighted by atomic mass is 10.2. The van der Waals surface area contributed by atoms with Crippen molar-refractivity contribution >= 4 is 27.6 Å². The zero-order valence-electron chi connectivity index (χ0n) is 16.2. The number of hydrogen-bond donors (Lipinski definition) is 2. The molecule has 0 aliphatic heterocycles. The smallest absolute Gasteiger partial charge is 0.338 e. The van der Waals surface area contributed by atoms with Gasteiger partial charge in [0.2, 0.25) is 10.0 Å². The standard InChI is InChI=1S/C20H24N2O5S/c1-13(2)22-28(25,26)18-7-5-6-16(12-18)20(24)27-15(4)19(23)21-17-10-8-14(3)9-11-17/h5-13,15,22H,1-4H3,(H,21,23)/t15-/m1/s1. The van der Waals surface area contributed by atoms with Gasteiger partial charge in [-0.2, -0.15) is 0 Å². The van der Waals surface area contributed by atoms with E-state index in [4.69, 9.17) is 4.74 Å². The van der Waals surface area contributed by atoms with E-state index >= 15 is 0 Å². The Bertz CT molecular complexity index is 953. The van der Waals surface area contributed by atoms with Crippen LogP contribution in [-0.4, -0.2) is 32.4 Å². The molecule has 0 aromatic heterocycles. The van der Waals surface area contributed by atoms with E-state index in [0.717, 1.165) is 5.56 Å². The topological polar surface area (TPSA) is 102 Å². The third kappa shape index (κ3) is 5.90. The van der Waals surface area contributed by atoms with Crippen LogP contribution in [0.2, 0.25) is 0 Å². The summed E-state index contributed by atoms with van der Waals surface area (Å²) in [5.74, 6) is -1.27. The summed E-state index contributed by atoms with van der Waals surface area (Å²) in [6, 6.07) is 12.4. The Morgan fingerprint density at radius 3 is 2.25 bits per heavy atom. The highest BCUT2D eigenvalue weighted by Crippen LogP contribution is 2.15. The zero-order valence-corrected chi connectivity index (χ0v) is 17.0. The van der Waals surface area contributed by atoms with Crippen LogP contribution in [0.3, 0.4) is 0 Å². The van der Waals surface area contributed by atoms with Gasteiger partial charge < -0.3 is 10.1 Å². The second kappa shape index (κ2) is 8.99. The van der Waals surface area contributed by atoms with Crippen molar-refractivity contribution in [3.05, 3.63) is 59.7 Å². The Morgan fingerprint density at radius 1 is 1.00 bits per heavy atom. The maximum atomic E-state index is 12.3. The molecule has 1 atom stereocenters. The highest BCUT2D eigenvalue weighted by atomic mass is 32.2. The molecule has 2 rings (SSSR count). The number of rotatable bonds is 7. The second-order valence-corrected chi connectivity index (χ2v) is 8.42. The number of sulfonamides is 1. The first-order valence-electron chi connectivity index (χ1n) is 8.79. The molecule has 8 heteroatoms. The molecule has 0 aliphatic rings. The van der Waals surface area contributed by atoms with Crippen LogP contribution < -0.4 is 10.0 Å². The molecule has 1 amide bonds. The minimum atomic E-state index is -3.74. The Kier molecular flexibility index (Phi) is 6.93. The summed E-state index contributed by atoms with van der Waals surface area (Å²) in [5.41, 5.74) is 1.69. The van der Waals surface area contributed by atoms with E-state index in [-0.39, 0.29) is 16.5 Å². The number of amides is 1.